The summed E-state index contributed by atoms with van der Waals surface area (Å²) in [6, 6.07) is -0.420. The van der Waals surface area contributed by atoms with Gasteiger partial charge in [-0.05, 0) is 0 Å². The van der Waals surface area contributed by atoms with E-state index in [1.54, 1.807) is 7.05 Å². The van der Waals surface area contributed by atoms with Gasteiger partial charge in [0, 0.05) is 14.1 Å². The van der Waals surface area contributed by atoms with Gasteiger partial charge < -0.3 is 16.5 Å². The number of rotatable bonds is 2. The van der Waals surface area contributed by atoms with Crippen molar-refractivity contribution in [1.29, 1.82) is 0 Å². The van der Waals surface area contributed by atoms with Crippen LogP contribution >= 0.6 is 0 Å². The largest absolute Gasteiger partial charge is 0.412 e. The van der Waals surface area contributed by atoms with Crippen LogP contribution < -0.4 is 21.8 Å². The first-order chi connectivity index (χ1) is 6.06. The number of carbonyl (C=O) groups excluding carboxylic acids is 2. The molecular weight excluding hydrogens is 190 g/mol. The van der Waals surface area contributed by atoms with Crippen molar-refractivity contribution in [2.75, 3.05) is 14.1 Å². The first kappa shape index (κ1) is 12.0. The van der Waals surface area contributed by atoms with Crippen LogP contribution in [0.5, 0.6) is 0 Å². The zero-order chi connectivity index (χ0) is 10.0. The van der Waals surface area contributed by atoms with E-state index >= 15 is 0 Å². The summed E-state index contributed by atoms with van der Waals surface area (Å²) in [5.74, 6) is -0.335. The fraction of sp³-hybridized carbons (Fsp3) is 0.333. The SMILES string of the molecule is CNC1=C(C(N)=O)N(C)NC(=O)N1.O. The summed E-state index contributed by atoms with van der Waals surface area (Å²) in [6.07, 6.45) is 0. The molecule has 8 heteroatoms. The average molecular weight is 203 g/mol. The van der Waals surface area contributed by atoms with Crippen molar-refractivity contribution in [1.82, 2.24) is 21.1 Å². The summed E-state index contributed by atoms with van der Waals surface area (Å²) in [4.78, 5) is 21.9. The molecule has 8 nitrogen and oxygen atoms in total. The number of nitrogens with one attached hydrogen (secondary N) is 3. The van der Waals surface area contributed by atoms with Gasteiger partial charge >= 0.3 is 6.03 Å². The topological polar surface area (TPSA) is 131 Å². The van der Waals surface area contributed by atoms with Gasteiger partial charge in [-0.15, -0.1) is 0 Å². The van der Waals surface area contributed by atoms with E-state index in [4.69, 9.17) is 5.73 Å². The second kappa shape index (κ2) is 4.33. The highest BCUT2D eigenvalue weighted by atomic mass is 16.2. The minimum atomic E-state index is -0.626. The van der Waals surface area contributed by atoms with Crippen molar-refractivity contribution in [2.24, 2.45) is 5.73 Å². The smallest absolute Gasteiger partial charge is 0.339 e. The van der Waals surface area contributed by atoms with Crippen LogP contribution in [0, 0.1) is 0 Å². The van der Waals surface area contributed by atoms with Gasteiger partial charge in [0.05, 0.1) is 0 Å². The third kappa shape index (κ3) is 2.04. The molecule has 0 saturated carbocycles. The van der Waals surface area contributed by atoms with Gasteiger partial charge in [-0.2, -0.15) is 0 Å². The van der Waals surface area contributed by atoms with Gasteiger partial charge in [0.25, 0.3) is 5.91 Å². The van der Waals surface area contributed by atoms with Crippen LogP contribution in [0.1, 0.15) is 0 Å². The molecule has 1 aliphatic rings. The molecule has 0 atom stereocenters. The molecule has 0 aliphatic carbocycles. The molecule has 0 bridgehead atoms. The number of primary amides is 1. The predicted octanol–water partition coefficient (Wildman–Crippen LogP) is -2.80. The first-order valence-corrected chi connectivity index (χ1v) is 3.59. The second-order valence-corrected chi connectivity index (χ2v) is 2.46. The molecule has 0 aromatic rings. The van der Waals surface area contributed by atoms with E-state index in [1.807, 2.05) is 0 Å². The summed E-state index contributed by atoms with van der Waals surface area (Å²) in [5.41, 5.74) is 7.64. The standard InChI is InChI=1S/C6H11N5O2.H2O/c1-8-5-3(4(7)12)11(2)10-6(13)9-5;/h8H,1-2H3,(H2,7,12)(H2,9,10,13);1H2. The van der Waals surface area contributed by atoms with E-state index in [0.29, 0.717) is 5.82 Å². The molecule has 3 amide bonds. The molecule has 1 heterocycles. The Balaban J connectivity index is 0.00000169. The lowest BCUT2D eigenvalue weighted by molar-refractivity contribution is -0.116. The van der Waals surface area contributed by atoms with Gasteiger partial charge in [0.15, 0.2) is 5.70 Å². The molecule has 0 aromatic heterocycles. The summed E-state index contributed by atoms with van der Waals surface area (Å²) < 4.78 is 0. The van der Waals surface area contributed by atoms with Crippen LogP contribution in [-0.2, 0) is 4.79 Å². The number of urea groups is 1. The summed E-state index contributed by atoms with van der Waals surface area (Å²) in [7, 11) is 3.11. The van der Waals surface area contributed by atoms with Crippen molar-refractivity contribution in [3.63, 3.8) is 0 Å². The Hall–Kier alpha value is -1.96. The van der Waals surface area contributed by atoms with Gasteiger partial charge in [-0.3, -0.25) is 15.1 Å². The van der Waals surface area contributed by atoms with Crippen molar-refractivity contribution < 1.29 is 15.1 Å². The zero-order valence-corrected chi connectivity index (χ0v) is 7.84. The highest BCUT2D eigenvalue weighted by Gasteiger charge is 2.24. The molecule has 14 heavy (non-hydrogen) atoms. The third-order valence-electron chi connectivity index (χ3n) is 1.56. The van der Waals surface area contributed by atoms with E-state index in [0.717, 1.165) is 0 Å². The lowest BCUT2D eigenvalue weighted by atomic mass is 10.3. The Kier molecular flexibility index (Phi) is 3.72. The number of likely N-dealkylation sites (N-methyl/N-ethyl adjacent to an activating group) is 1. The molecule has 1 aliphatic heterocycles. The number of hydrazine groups is 1. The molecular formula is C6H13N5O3. The Labute approximate surface area is 80.4 Å². The summed E-state index contributed by atoms with van der Waals surface area (Å²) in [5, 5.41) is 6.32. The normalized spacial score (nSPS) is 15.3. The predicted molar refractivity (Wildman–Crippen MR) is 48.3 cm³/mol. The molecule has 0 saturated heterocycles. The minimum Gasteiger partial charge on any atom is -0.412 e. The highest BCUT2D eigenvalue weighted by Crippen LogP contribution is 2.05. The molecule has 0 fully saturated rings. The third-order valence-corrected chi connectivity index (χ3v) is 1.56. The number of carbonyl (C=O) groups is 2. The molecule has 80 valence electrons. The summed E-state index contributed by atoms with van der Waals surface area (Å²) in [6.45, 7) is 0. The molecule has 0 radical (unpaired) electrons. The van der Waals surface area contributed by atoms with Crippen LogP contribution in [0.15, 0.2) is 11.5 Å². The van der Waals surface area contributed by atoms with Crippen molar-refractivity contribution >= 4 is 11.9 Å². The van der Waals surface area contributed by atoms with E-state index < -0.39 is 11.9 Å². The zero-order valence-electron chi connectivity index (χ0n) is 7.84. The van der Waals surface area contributed by atoms with Crippen LogP contribution in [0.25, 0.3) is 0 Å². The maximum Gasteiger partial charge on any atom is 0.339 e. The van der Waals surface area contributed by atoms with E-state index in [9.17, 15) is 9.59 Å². The van der Waals surface area contributed by atoms with Crippen LogP contribution in [0.4, 0.5) is 4.79 Å². The lowest BCUT2D eigenvalue weighted by Crippen LogP contribution is -2.55. The average Bonchev–Trinajstić information content (AvgIpc) is 2.01. The number of hydrogen-bond donors (Lipinski definition) is 4. The summed E-state index contributed by atoms with van der Waals surface area (Å²) >= 11 is 0. The van der Waals surface area contributed by atoms with Crippen LogP contribution in [0.3, 0.4) is 0 Å². The maximum atomic E-state index is 10.9. The quantitative estimate of drug-likeness (QED) is 0.386. The van der Waals surface area contributed by atoms with Crippen molar-refractivity contribution in [3.8, 4) is 0 Å². The molecule has 0 unspecified atom stereocenters. The molecule has 1 rings (SSSR count). The van der Waals surface area contributed by atoms with Gasteiger partial charge in [-0.25, -0.2) is 10.2 Å². The molecule has 0 aromatic carbocycles. The fourth-order valence-corrected chi connectivity index (χ4v) is 1.05. The Morgan fingerprint density at radius 2 is 2.14 bits per heavy atom. The maximum absolute atomic E-state index is 10.9. The van der Waals surface area contributed by atoms with Crippen LogP contribution in [0.2, 0.25) is 0 Å². The van der Waals surface area contributed by atoms with E-state index in [-0.39, 0.29) is 11.2 Å². The lowest BCUT2D eigenvalue weighted by Gasteiger charge is -2.28. The van der Waals surface area contributed by atoms with E-state index in [2.05, 4.69) is 16.1 Å². The highest BCUT2D eigenvalue weighted by molar-refractivity contribution is 5.94. The first-order valence-electron chi connectivity index (χ1n) is 3.59. The number of nitrogens with two attached hydrogens (primary N) is 1. The van der Waals surface area contributed by atoms with Gasteiger partial charge in [0.1, 0.15) is 5.82 Å². The Bertz CT molecular complexity index is 287. The molecule has 7 N–H and O–H groups in total. The number of amides is 3. The Morgan fingerprint density at radius 3 is 2.57 bits per heavy atom. The van der Waals surface area contributed by atoms with Crippen molar-refractivity contribution in [2.45, 2.75) is 0 Å². The second-order valence-electron chi connectivity index (χ2n) is 2.46. The van der Waals surface area contributed by atoms with Crippen LogP contribution in [-0.4, -0.2) is 36.5 Å². The minimum absolute atomic E-state index is 0. The fourth-order valence-electron chi connectivity index (χ4n) is 1.05. The van der Waals surface area contributed by atoms with Gasteiger partial charge in [0.2, 0.25) is 0 Å². The monoisotopic (exact) mass is 203 g/mol. The molecule has 0 spiro atoms. The number of nitrogens with zero attached hydrogens (tertiary/aromatic N) is 1. The van der Waals surface area contributed by atoms with Gasteiger partial charge in [-0.1, -0.05) is 0 Å². The Morgan fingerprint density at radius 1 is 1.57 bits per heavy atom. The number of hydrogen-bond acceptors (Lipinski definition) is 4. The van der Waals surface area contributed by atoms with E-state index in [1.165, 1.54) is 12.1 Å². The van der Waals surface area contributed by atoms with Crippen molar-refractivity contribution in [3.05, 3.63) is 11.5 Å².